The molecule has 5 nitrogen and oxygen atoms in total. The number of nitrogens with zero attached hydrogens (tertiary/aromatic N) is 2. The zero-order valence-electron chi connectivity index (χ0n) is 13.6. The Kier molecular flexibility index (Phi) is 4.52. The summed E-state index contributed by atoms with van der Waals surface area (Å²) in [7, 11) is 0. The van der Waals surface area contributed by atoms with E-state index in [2.05, 4.69) is 17.2 Å². The van der Waals surface area contributed by atoms with Crippen LogP contribution in [0.25, 0.3) is 0 Å². The van der Waals surface area contributed by atoms with Crippen LogP contribution < -0.4 is 5.32 Å². The Morgan fingerprint density at radius 1 is 1.45 bits per heavy atom. The summed E-state index contributed by atoms with van der Waals surface area (Å²) < 4.78 is 7.80. The Hall–Kier alpha value is -1.36. The highest BCUT2D eigenvalue weighted by molar-refractivity contribution is 5.80. The molecule has 0 unspecified atom stereocenters. The van der Waals surface area contributed by atoms with Gasteiger partial charge in [0.1, 0.15) is 6.04 Å². The molecule has 1 heterocycles. The van der Waals surface area contributed by atoms with Crippen LogP contribution in [0.3, 0.4) is 0 Å². The molecule has 2 aliphatic rings. The smallest absolute Gasteiger partial charge is 0.243 e. The van der Waals surface area contributed by atoms with Gasteiger partial charge >= 0.3 is 0 Å². The molecule has 0 radical (unpaired) electrons. The van der Waals surface area contributed by atoms with Gasteiger partial charge in [0.05, 0.1) is 12.4 Å². The maximum atomic E-state index is 12.5. The predicted octanol–water partition coefficient (Wildman–Crippen LogP) is 2.69. The summed E-state index contributed by atoms with van der Waals surface area (Å²) in [5.41, 5.74) is 0.179. The van der Waals surface area contributed by atoms with Gasteiger partial charge in [0, 0.05) is 30.5 Å². The fourth-order valence-electron chi connectivity index (χ4n) is 4.19. The van der Waals surface area contributed by atoms with E-state index in [1.165, 1.54) is 32.1 Å². The molecular formula is C17H27N3O2. The summed E-state index contributed by atoms with van der Waals surface area (Å²) in [5, 5.41) is 3.29. The summed E-state index contributed by atoms with van der Waals surface area (Å²) in [5.74, 6) is 0.0860. The number of ether oxygens (including phenoxy) is 1. The molecule has 2 fully saturated rings. The molecule has 3 atom stereocenters. The van der Waals surface area contributed by atoms with Crippen LogP contribution in [0.4, 0.5) is 0 Å². The Labute approximate surface area is 132 Å². The number of aromatic nitrogens is 2. The van der Waals surface area contributed by atoms with Crippen LogP contribution >= 0.6 is 0 Å². The lowest BCUT2D eigenvalue weighted by molar-refractivity contribution is -0.158. The normalized spacial score (nSPS) is 28.1. The van der Waals surface area contributed by atoms with Crippen molar-refractivity contribution in [2.24, 2.45) is 5.41 Å². The molecule has 0 aliphatic heterocycles. The molecule has 1 spiro atoms. The molecular weight excluding hydrogens is 278 g/mol. The standard InChI is InChI=1S/C17H27N3O2/c1-3-22-15-11-14(17(15)7-5-4-6-8-17)19-16(21)13(2)20-10-9-18-12-20/h9-10,12-15H,3-8,11H2,1-2H3,(H,19,21)/t13-,14+,15-/m1/s1. The molecule has 1 N–H and O–H groups in total. The van der Waals surface area contributed by atoms with E-state index in [-0.39, 0.29) is 23.4 Å². The van der Waals surface area contributed by atoms with E-state index in [0.29, 0.717) is 6.10 Å². The van der Waals surface area contributed by atoms with Gasteiger partial charge in [0.25, 0.3) is 0 Å². The number of nitrogens with one attached hydrogen (secondary N) is 1. The van der Waals surface area contributed by atoms with Crippen LogP contribution in [0, 0.1) is 5.41 Å². The van der Waals surface area contributed by atoms with E-state index in [1.54, 1.807) is 12.5 Å². The van der Waals surface area contributed by atoms with Crippen LogP contribution in [-0.2, 0) is 9.53 Å². The number of carbonyl (C=O) groups is 1. The van der Waals surface area contributed by atoms with E-state index in [0.717, 1.165) is 13.0 Å². The van der Waals surface area contributed by atoms with E-state index in [1.807, 2.05) is 17.7 Å². The van der Waals surface area contributed by atoms with Gasteiger partial charge in [0.2, 0.25) is 5.91 Å². The maximum absolute atomic E-state index is 12.5. The minimum absolute atomic E-state index is 0.0860. The van der Waals surface area contributed by atoms with Crippen molar-refractivity contribution in [2.75, 3.05) is 6.61 Å². The number of carbonyl (C=O) groups excluding carboxylic acids is 1. The van der Waals surface area contributed by atoms with Crippen LogP contribution in [0.2, 0.25) is 0 Å². The van der Waals surface area contributed by atoms with Crippen molar-refractivity contribution < 1.29 is 9.53 Å². The van der Waals surface area contributed by atoms with Crippen LogP contribution in [-0.4, -0.2) is 34.2 Å². The lowest BCUT2D eigenvalue weighted by Gasteiger charge is -2.57. The van der Waals surface area contributed by atoms with Gasteiger partial charge in [-0.1, -0.05) is 19.3 Å². The fraction of sp³-hybridized carbons (Fsp3) is 0.765. The summed E-state index contributed by atoms with van der Waals surface area (Å²) in [4.78, 5) is 16.6. The van der Waals surface area contributed by atoms with Crippen molar-refractivity contribution in [2.45, 2.75) is 70.6 Å². The number of hydrogen-bond acceptors (Lipinski definition) is 3. The molecule has 2 aliphatic carbocycles. The number of imidazole rings is 1. The quantitative estimate of drug-likeness (QED) is 0.910. The van der Waals surface area contributed by atoms with Gasteiger partial charge in [0.15, 0.2) is 0 Å². The van der Waals surface area contributed by atoms with Gasteiger partial charge in [-0.05, 0) is 33.1 Å². The van der Waals surface area contributed by atoms with Gasteiger partial charge in [-0.25, -0.2) is 4.98 Å². The highest BCUT2D eigenvalue weighted by atomic mass is 16.5. The molecule has 3 rings (SSSR count). The number of rotatable bonds is 5. The minimum atomic E-state index is -0.214. The first-order valence-electron chi connectivity index (χ1n) is 8.57. The Balaban J connectivity index is 1.65. The van der Waals surface area contributed by atoms with E-state index in [9.17, 15) is 4.79 Å². The summed E-state index contributed by atoms with van der Waals surface area (Å²) in [6.07, 6.45) is 12.7. The zero-order valence-corrected chi connectivity index (χ0v) is 13.6. The maximum Gasteiger partial charge on any atom is 0.243 e. The average molecular weight is 305 g/mol. The van der Waals surface area contributed by atoms with Crippen molar-refractivity contribution in [1.82, 2.24) is 14.9 Å². The monoisotopic (exact) mass is 305 g/mol. The molecule has 122 valence electrons. The third-order valence-corrected chi connectivity index (χ3v) is 5.61. The average Bonchev–Trinajstić information content (AvgIpc) is 3.08. The van der Waals surface area contributed by atoms with Crippen molar-refractivity contribution in [3.05, 3.63) is 18.7 Å². The highest BCUT2D eigenvalue weighted by Crippen LogP contribution is 2.53. The zero-order chi connectivity index (χ0) is 15.6. The van der Waals surface area contributed by atoms with Gasteiger partial charge in [-0.2, -0.15) is 0 Å². The minimum Gasteiger partial charge on any atom is -0.378 e. The SMILES string of the molecule is CCO[C@@H]1C[C@H](NC(=O)[C@@H](C)n2ccnc2)C12CCCCC2. The first-order chi connectivity index (χ1) is 10.7. The lowest BCUT2D eigenvalue weighted by Crippen LogP contribution is -2.65. The van der Waals surface area contributed by atoms with Crippen molar-refractivity contribution in [1.29, 1.82) is 0 Å². The van der Waals surface area contributed by atoms with E-state index < -0.39 is 0 Å². The van der Waals surface area contributed by atoms with Gasteiger partial charge in [-0.3, -0.25) is 4.79 Å². The summed E-state index contributed by atoms with van der Waals surface area (Å²) in [6.45, 7) is 4.74. The second kappa shape index (κ2) is 6.41. The molecule has 0 aromatic carbocycles. The van der Waals surface area contributed by atoms with Gasteiger partial charge < -0.3 is 14.6 Å². The highest BCUT2D eigenvalue weighted by Gasteiger charge is 2.56. The largest absolute Gasteiger partial charge is 0.378 e. The van der Waals surface area contributed by atoms with E-state index >= 15 is 0 Å². The molecule has 1 aromatic heterocycles. The molecule has 5 heteroatoms. The first-order valence-corrected chi connectivity index (χ1v) is 8.57. The number of hydrogen-bond donors (Lipinski definition) is 1. The van der Waals surface area contributed by atoms with Crippen molar-refractivity contribution in [3.63, 3.8) is 0 Å². The Morgan fingerprint density at radius 2 is 2.23 bits per heavy atom. The second-order valence-corrected chi connectivity index (χ2v) is 6.72. The Morgan fingerprint density at radius 3 is 2.86 bits per heavy atom. The molecule has 2 saturated carbocycles. The second-order valence-electron chi connectivity index (χ2n) is 6.72. The molecule has 22 heavy (non-hydrogen) atoms. The summed E-state index contributed by atoms with van der Waals surface area (Å²) in [6, 6.07) is 0.0529. The molecule has 0 bridgehead atoms. The molecule has 0 saturated heterocycles. The third kappa shape index (κ3) is 2.67. The Bertz CT molecular complexity index is 494. The topological polar surface area (TPSA) is 56.1 Å². The lowest BCUT2D eigenvalue weighted by atomic mass is 9.55. The molecule has 1 amide bonds. The first kappa shape index (κ1) is 15.5. The van der Waals surface area contributed by atoms with Gasteiger partial charge in [-0.15, -0.1) is 0 Å². The van der Waals surface area contributed by atoms with Crippen LogP contribution in [0.15, 0.2) is 18.7 Å². The summed E-state index contributed by atoms with van der Waals surface area (Å²) >= 11 is 0. The van der Waals surface area contributed by atoms with Crippen LogP contribution in [0.1, 0.15) is 58.4 Å². The van der Waals surface area contributed by atoms with Crippen molar-refractivity contribution in [3.8, 4) is 0 Å². The molecule has 1 aromatic rings. The van der Waals surface area contributed by atoms with Crippen LogP contribution in [0.5, 0.6) is 0 Å². The predicted molar refractivity (Wildman–Crippen MR) is 84.4 cm³/mol. The third-order valence-electron chi connectivity index (χ3n) is 5.61. The number of amides is 1. The van der Waals surface area contributed by atoms with E-state index in [4.69, 9.17) is 4.74 Å². The fourth-order valence-corrected chi connectivity index (χ4v) is 4.19. The van der Waals surface area contributed by atoms with Crippen molar-refractivity contribution >= 4 is 5.91 Å².